The number of nitrogens with zero attached hydrogens (tertiary/aromatic N) is 5. The first kappa shape index (κ1) is 22.3. The van der Waals surface area contributed by atoms with E-state index in [2.05, 4.69) is 20.4 Å². The summed E-state index contributed by atoms with van der Waals surface area (Å²) in [4.78, 5) is 22.5. The van der Waals surface area contributed by atoms with E-state index in [1.807, 2.05) is 0 Å². The largest absolute Gasteiger partial charge is 0.468 e. The Morgan fingerprint density at radius 2 is 2.09 bits per heavy atom. The van der Waals surface area contributed by atoms with Gasteiger partial charge in [-0.15, -0.1) is 0 Å². The standard InChI is InChI=1S/C22H23F2N7O2/c1-13(8-25)20(26-2)18-4-3-17(24)21(29-18)33-16-11-30(12-16)22(32)31-19(5-6-28-31)14-7-15(23)10-27-9-14/h3-4,6-10,16,19,25-26H,5,11-12H2,1-2H3/b20-13-,25-8?/t19-/m0/s1. The average molecular weight is 455 g/mol. The van der Waals surface area contributed by atoms with Crippen LogP contribution in [-0.2, 0) is 0 Å². The van der Waals surface area contributed by atoms with Crippen LogP contribution in [0.15, 0.2) is 41.3 Å². The zero-order valence-electron chi connectivity index (χ0n) is 18.1. The normalized spacial score (nSPS) is 18.6. The van der Waals surface area contributed by atoms with Gasteiger partial charge in [0.2, 0.25) is 0 Å². The van der Waals surface area contributed by atoms with Crippen molar-refractivity contribution >= 4 is 24.2 Å². The second-order valence-electron chi connectivity index (χ2n) is 7.69. The van der Waals surface area contributed by atoms with Gasteiger partial charge < -0.3 is 20.4 Å². The molecular weight excluding hydrogens is 432 g/mol. The van der Waals surface area contributed by atoms with Gasteiger partial charge in [0, 0.05) is 32.1 Å². The van der Waals surface area contributed by atoms with Crippen LogP contribution in [0.4, 0.5) is 13.6 Å². The lowest BCUT2D eigenvalue weighted by Crippen LogP contribution is -2.59. The molecule has 4 heterocycles. The molecule has 0 aliphatic carbocycles. The van der Waals surface area contributed by atoms with Crippen molar-refractivity contribution in [3.63, 3.8) is 0 Å². The fourth-order valence-corrected chi connectivity index (χ4v) is 3.70. The van der Waals surface area contributed by atoms with Gasteiger partial charge in [-0.25, -0.2) is 23.6 Å². The quantitative estimate of drug-likeness (QED) is 0.652. The van der Waals surface area contributed by atoms with Crippen LogP contribution < -0.4 is 10.1 Å². The molecular formula is C22H23F2N7O2. The molecule has 2 N–H and O–H groups in total. The maximum atomic E-state index is 14.3. The van der Waals surface area contributed by atoms with E-state index in [-0.39, 0.29) is 25.0 Å². The SMILES string of the molecule is CN/C(=C(/C)C=N)c1ccc(F)c(OC2CN(C(=O)N3N=CC[C@H]3c3cncc(F)c3)C2)n1. The van der Waals surface area contributed by atoms with Gasteiger partial charge in [0.05, 0.1) is 36.7 Å². The number of aromatic nitrogens is 2. The van der Waals surface area contributed by atoms with Crippen molar-refractivity contribution in [1.82, 2.24) is 25.2 Å². The van der Waals surface area contributed by atoms with Gasteiger partial charge in [-0.1, -0.05) is 0 Å². The summed E-state index contributed by atoms with van der Waals surface area (Å²) >= 11 is 0. The molecule has 4 rings (SSSR count). The first-order chi connectivity index (χ1) is 15.9. The topological polar surface area (TPSA) is 107 Å². The number of ether oxygens (including phenoxy) is 1. The minimum Gasteiger partial charge on any atom is -0.468 e. The van der Waals surface area contributed by atoms with Crippen molar-refractivity contribution in [2.24, 2.45) is 5.10 Å². The Bertz CT molecular complexity index is 1130. The van der Waals surface area contributed by atoms with E-state index in [4.69, 9.17) is 10.1 Å². The third-order valence-corrected chi connectivity index (χ3v) is 5.46. The van der Waals surface area contributed by atoms with Crippen molar-refractivity contribution in [2.45, 2.75) is 25.5 Å². The smallest absolute Gasteiger partial charge is 0.341 e. The number of hydrogen-bond donors (Lipinski definition) is 2. The predicted octanol–water partition coefficient (Wildman–Crippen LogP) is 2.97. The molecule has 1 atom stereocenters. The summed E-state index contributed by atoms with van der Waals surface area (Å²) in [5, 5.41) is 15.8. The minimum absolute atomic E-state index is 0.168. The third-order valence-electron chi connectivity index (χ3n) is 5.46. The minimum atomic E-state index is -0.616. The molecule has 9 nitrogen and oxygen atoms in total. The van der Waals surface area contributed by atoms with Crippen LogP contribution in [0.25, 0.3) is 5.70 Å². The van der Waals surface area contributed by atoms with Crippen LogP contribution in [0.5, 0.6) is 5.88 Å². The molecule has 1 fully saturated rings. The molecule has 0 radical (unpaired) electrons. The third kappa shape index (κ3) is 4.52. The lowest BCUT2D eigenvalue weighted by Gasteiger charge is -2.40. The maximum absolute atomic E-state index is 14.3. The van der Waals surface area contributed by atoms with Gasteiger partial charge in [-0.3, -0.25) is 4.98 Å². The summed E-state index contributed by atoms with van der Waals surface area (Å²) in [6.45, 7) is 2.21. The highest BCUT2D eigenvalue weighted by Crippen LogP contribution is 2.31. The molecule has 2 aliphatic rings. The van der Waals surface area contributed by atoms with Crippen molar-refractivity contribution < 1.29 is 18.3 Å². The molecule has 0 bridgehead atoms. The number of pyridine rings is 2. The van der Waals surface area contributed by atoms with Crippen molar-refractivity contribution in [1.29, 1.82) is 5.41 Å². The molecule has 2 amide bonds. The number of carbonyl (C=O) groups is 1. The van der Waals surface area contributed by atoms with E-state index >= 15 is 0 Å². The molecule has 0 unspecified atom stereocenters. The predicted molar refractivity (Wildman–Crippen MR) is 118 cm³/mol. The molecule has 2 aromatic heterocycles. The van der Waals surface area contributed by atoms with Crippen LogP contribution in [0.2, 0.25) is 0 Å². The number of hydrogen-bond acceptors (Lipinski definition) is 7. The van der Waals surface area contributed by atoms with E-state index in [0.717, 1.165) is 6.20 Å². The van der Waals surface area contributed by atoms with Gasteiger partial charge in [-0.2, -0.15) is 5.10 Å². The Labute approximate surface area is 189 Å². The van der Waals surface area contributed by atoms with E-state index in [1.165, 1.54) is 40.5 Å². The van der Waals surface area contributed by atoms with Crippen LogP contribution in [0, 0.1) is 17.0 Å². The number of urea groups is 1. The lowest BCUT2D eigenvalue weighted by molar-refractivity contribution is 0.0230. The number of allylic oxidation sites excluding steroid dienone is 1. The number of carbonyl (C=O) groups excluding carboxylic acids is 1. The van der Waals surface area contributed by atoms with E-state index in [9.17, 15) is 13.6 Å². The Balaban J connectivity index is 1.41. The van der Waals surface area contributed by atoms with Crippen molar-refractivity contribution in [3.05, 3.63) is 59.1 Å². The summed E-state index contributed by atoms with van der Waals surface area (Å²) in [5.41, 5.74) is 2.23. The maximum Gasteiger partial charge on any atom is 0.341 e. The highest BCUT2D eigenvalue weighted by atomic mass is 19.1. The van der Waals surface area contributed by atoms with Crippen LogP contribution in [-0.4, -0.2) is 64.6 Å². The molecule has 2 aliphatic heterocycles. The number of halogens is 2. The van der Waals surface area contributed by atoms with Gasteiger partial charge in [0.1, 0.15) is 11.9 Å². The number of amides is 2. The van der Waals surface area contributed by atoms with E-state index < -0.39 is 23.8 Å². The van der Waals surface area contributed by atoms with Crippen LogP contribution in [0.1, 0.15) is 30.6 Å². The van der Waals surface area contributed by atoms with Crippen molar-refractivity contribution in [2.75, 3.05) is 20.1 Å². The monoisotopic (exact) mass is 455 g/mol. The van der Waals surface area contributed by atoms with Gasteiger partial charge in [0.15, 0.2) is 5.82 Å². The fraction of sp³-hybridized carbons (Fsp3) is 0.318. The number of hydrazone groups is 1. The highest BCUT2D eigenvalue weighted by Gasteiger charge is 2.39. The first-order valence-electron chi connectivity index (χ1n) is 10.3. The zero-order valence-corrected chi connectivity index (χ0v) is 18.1. The second-order valence-corrected chi connectivity index (χ2v) is 7.69. The fourth-order valence-electron chi connectivity index (χ4n) is 3.70. The Morgan fingerprint density at radius 3 is 2.79 bits per heavy atom. The van der Waals surface area contributed by atoms with Gasteiger partial charge in [0.25, 0.3) is 5.88 Å². The molecule has 1 saturated heterocycles. The summed E-state index contributed by atoms with van der Waals surface area (Å²) in [6.07, 6.45) is 5.43. The zero-order chi connectivity index (χ0) is 23.5. The Morgan fingerprint density at radius 1 is 1.30 bits per heavy atom. The summed E-state index contributed by atoms with van der Waals surface area (Å²) in [5.74, 6) is -1.26. The molecule has 11 heteroatoms. The second kappa shape index (κ2) is 9.31. The van der Waals surface area contributed by atoms with Crippen molar-refractivity contribution in [3.8, 4) is 5.88 Å². The number of rotatable bonds is 6. The number of nitrogens with one attached hydrogen (secondary N) is 2. The Hall–Kier alpha value is -3.89. The van der Waals surface area contributed by atoms with Gasteiger partial charge in [-0.05, 0) is 36.3 Å². The molecule has 0 saturated carbocycles. The number of likely N-dealkylation sites (tertiary alicyclic amines) is 1. The molecule has 0 spiro atoms. The lowest BCUT2D eigenvalue weighted by atomic mass is 10.1. The molecule has 172 valence electrons. The van der Waals surface area contributed by atoms with Crippen LogP contribution in [0.3, 0.4) is 0 Å². The summed E-state index contributed by atoms with van der Waals surface area (Å²) < 4.78 is 33.5. The van der Waals surface area contributed by atoms with Gasteiger partial charge >= 0.3 is 6.03 Å². The summed E-state index contributed by atoms with van der Waals surface area (Å²) in [7, 11) is 1.69. The Kier molecular flexibility index (Phi) is 6.29. The molecule has 33 heavy (non-hydrogen) atoms. The highest BCUT2D eigenvalue weighted by molar-refractivity contribution is 5.87. The van der Waals surface area contributed by atoms with Crippen LogP contribution >= 0.6 is 0 Å². The molecule has 0 aromatic carbocycles. The average Bonchev–Trinajstić information content (AvgIpc) is 3.27. The molecule has 2 aromatic rings. The van der Waals surface area contributed by atoms with E-state index in [0.29, 0.717) is 28.9 Å². The summed E-state index contributed by atoms with van der Waals surface area (Å²) in [6, 6.07) is 3.32. The van der Waals surface area contributed by atoms with E-state index in [1.54, 1.807) is 20.2 Å². The first-order valence-corrected chi connectivity index (χ1v) is 10.3.